The van der Waals surface area contributed by atoms with E-state index in [0.29, 0.717) is 0 Å². The van der Waals surface area contributed by atoms with Crippen molar-refractivity contribution in [2.45, 2.75) is 12.5 Å². The Balaban J connectivity index is 2.19. The van der Waals surface area contributed by atoms with E-state index in [2.05, 4.69) is 10.1 Å². The molecular formula is C17H15F2NO3. The maximum Gasteiger partial charge on any atom is 0.328 e. The van der Waals surface area contributed by atoms with Crippen LogP contribution in [0.1, 0.15) is 15.9 Å². The van der Waals surface area contributed by atoms with E-state index in [-0.39, 0.29) is 6.42 Å². The molecule has 0 saturated heterocycles. The van der Waals surface area contributed by atoms with Gasteiger partial charge in [0, 0.05) is 6.42 Å². The van der Waals surface area contributed by atoms with Gasteiger partial charge in [-0.15, -0.1) is 0 Å². The number of nitrogens with one attached hydrogen (secondary N) is 1. The summed E-state index contributed by atoms with van der Waals surface area (Å²) in [7, 11) is 1.19. The molecular weight excluding hydrogens is 304 g/mol. The molecule has 0 aliphatic rings. The monoisotopic (exact) mass is 319 g/mol. The molecule has 0 heterocycles. The average Bonchev–Trinajstić information content (AvgIpc) is 2.56. The van der Waals surface area contributed by atoms with Gasteiger partial charge in [-0.25, -0.2) is 13.6 Å². The van der Waals surface area contributed by atoms with Crippen LogP contribution >= 0.6 is 0 Å². The first-order chi connectivity index (χ1) is 11.0. The Hall–Kier alpha value is -2.76. The number of ether oxygens (including phenoxy) is 1. The first-order valence-corrected chi connectivity index (χ1v) is 6.89. The van der Waals surface area contributed by atoms with Crippen molar-refractivity contribution in [3.05, 3.63) is 71.3 Å². The van der Waals surface area contributed by atoms with Crippen molar-refractivity contribution in [3.63, 3.8) is 0 Å². The summed E-state index contributed by atoms with van der Waals surface area (Å²) >= 11 is 0. The maximum absolute atomic E-state index is 13.7. The fraction of sp³-hybridized carbons (Fsp3) is 0.176. The predicted molar refractivity (Wildman–Crippen MR) is 79.8 cm³/mol. The van der Waals surface area contributed by atoms with Gasteiger partial charge in [-0.3, -0.25) is 4.79 Å². The number of hydrogen-bond acceptors (Lipinski definition) is 3. The van der Waals surface area contributed by atoms with E-state index >= 15 is 0 Å². The fourth-order valence-electron chi connectivity index (χ4n) is 2.10. The number of rotatable bonds is 5. The van der Waals surface area contributed by atoms with Crippen LogP contribution < -0.4 is 5.32 Å². The fourth-order valence-corrected chi connectivity index (χ4v) is 2.10. The molecule has 0 aliphatic carbocycles. The molecule has 0 saturated carbocycles. The highest BCUT2D eigenvalue weighted by molar-refractivity contribution is 5.97. The molecule has 1 atom stereocenters. The summed E-state index contributed by atoms with van der Waals surface area (Å²) in [5, 5.41) is 2.38. The summed E-state index contributed by atoms with van der Waals surface area (Å²) in [4.78, 5) is 23.9. The number of amides is 1. The smallest absolute Gasteiger partial charge is 0.328 e. The molecule has 0 aromatic heterocycles. The lowest BCUT2D eigenvalue weighted by Crippen LogP contribution is -2.43. The third-order valence-electron chi connectivity index (χ3n) is 3.27. The van der Waals surface area contributed by atoms with Crippen LogP contribution in [0.2, 0.25) is 0 Å². The van der Waals surface area contributed by atoms with E-state index < -0.39 is 35.1 Å². The molecule has 0 bridgehead atoms. The second-order valence-electron chi connectivity index (χ2n) is 4.84. The first kappa shape index (κ1) is 16.6. The Morgan fingerprint density at radius 2 is 1.78 bits per heavy atom. The van der Waals surface area contributed by atoms with Gasteiger partial charge < -0.3 is 10.1 Å². The normalized spacial score (nSPS) is 11.6. The lowest BCUT2D eigenvalue weighted by atomic mass is 10.1. The maximum atomic E-state index is 13.7. The molecule has 1 N–H and O–H groups in total. The van der Waals surface area contributed by atoms with Crippen LogP contribution in [0.4, 0.5) is 8.78 Å². The number of hydrogen-bond donors (Lipinski definition) is 1. The van der Waals surface area contributed by atoms with E-state index in [1.165, 1.54) is 13.2 Å². The van der Waals surface area contributed by atoms with Gasteiger partial charge in [0.15, 0.2) is 11.6 Å². The lowest BCUT2D eigenvalue weighted by molar-refractivity contribution is -0.142. The molecule has 1 amide bonds. The Morgan fingerprint density at radius 1 is 1.09 bits per heavy atom. The third kappa shape index (κ3) is 4.12. The highest BCUT2D eigenvalue weighted by Gasteiger charge is 2.24. The Morgan fingerprint density at radius 3 is 2.43 bits per heavy atom. The first-order valence-electron chi connectivity index (χ1n) is 6.89. The minimum atomic E-state index is -1.26. The zero-order chi connectivity index (χ0) is 16.8. The lowest BCUT2D eigenvalue weighted by Gasteiger charge is -2.17. The van der Waals surface area contributed by atoms with Gasteiger partial charge in [0.1, 0.15) is 6.04 Å². The van der Waals surface area contributed by atoms with E-state index in [4.69, 9.17) is 0 Å². The van der Waals surface area contributed by atoms with Crippen molar-refractivity contribution >= 4 is 11.9 Å². The number of esters is 1. The van der Waals surface area contributed by atoms with Gasteiger partial charge in [0.2, 0.25) is 0 Å². The van der Waals surface area contributed by atoms with Crippen molar-refractivity contribution in [2.75, 3.05) is 7.11 Å². The number of halogens is 2. The van der Waals surface area contributed by atoms with Crippen molar-refractivity contribution in [1.82, 2.24) is 5.32 Å². The standard InChI is InChI=1S/C17H15F2NO3/c1-23-17(22)14(10-11-6-3-2-4-7-11)20-16(21)12-8-5-9-13(18)15(12)19/h2-9,14H,10H2,1H3,(H,20,21)/t14-/m1/s1. The molecule has 6 heteroatoms. The average molecular weight is 319 g/mol. The number of methoxy groups -OCH3 is 1. The number of carbonyl (C=O) groups is 2. The van der Waals surface area contributed by atoms with Gasteiger partial charge in [0.05, 0.1) is 12.7 Å². The number of carbonyl (C=O) groups excluding carboxylic acids is 2. The SMILES string of the molecule is COC(=O)[C@@H](Cc1ccccc1)NC(=O)c1cccc(F)c1F. The third-order valence-corrected chi connectivity index (χ3v) is 3.27. The summed E-state index contributed by atoms with van der Waals surface area (Å²) in [6.07, 6.45) is 0.177. The van der Waals surface area contributed by atoms with Crippen molar-refractivity contribution < 1.29 is 23.1 Å². The molecule has 2 aromatic rings. The molecule has 2 aromatic carbocycles. The molecule has 23 heavy (non-hydrogen) atoms. The van der Waals surface area contributed by atoms with Gasteiger partial charge in [-0.05, 0) is 17.7 Å². The highest BCUT2D eigenvalue weighted by Crippen LogP contribution is 2.12. The summed E-state index contributed by atoms with van der Waals surface area (Å²) in [6, 6.07) is 11.2. The molecule has 0 aliphatic heterocycles. The van der Waals surface area contributed by atoms with Crippen molar-refractivity contribution in [1.29, 1.82) is 0 Å². The molecule has 0 spiro atoms. The summed E-state index contributed by atoms with van der Waals surface area (Å²) in [5.74, 6) is -3.93. The van der Waals surface area contributed by atoms with E-state index in [9.17, 15) is 18.4 Å². The predicted octanol–water partition coefficient (Wildman–Crippen LogP) is 2.48. The van der Waals surface area contributed by atoms with Crippen LogP contribution in [0, 0.1) is 11.6 Å². The van der Waals surface area contributed by atoms with E-state index in [1.807, 2.05) is 6.07 Å². The zero-order valence-electron chi connectivity index (χ0n) is 12.4. The molecule has 120 valence electrons. The van der Waals surface area contributed by atoms with Gasteiger partial charge in [-0.2, -0.15) is 0 Å². The zero-order valence-corrected chi connectivity index (χ0v) is 12.4. The van der Waals surface area contributed by atoms with Crippen molar-refractivity contribution in [3.8, 4) is 0 Å². The quantitative estimate of drug-likeness (QED) is 0.862. The molecule has 4 nitrogen and oxygen atoms in total. The minimum Gasteiger partial charge on any atom is -0.467 e. The second-order valence-corrected chi connectivity index (χ2v) is 4.84. The van der Waals surface area contributed by atoms with Crippen molar-refractivity contribution in [2.24, 2.45) is 0 Å². The second kappa shape index (κ2) is 7.49. The molecule has 0 fully saturated rings. The van der Waals surface area contributed by atoms with Crippen LogP contribution in [0.15, 0.2) is 48.5 Å². The molecule has 2 rings (SSSR count). The number of benzene rings is 2. The van der Waals surface area contributed by atoms with Gasteiger partial charge in [-0.1, -0.05) is 36.4 Å². The van der Waals surface area contributed by atoms with Crippen LogP contribution in [-0.2, 0) is 16.0 Å². The Kier molecular flexibility index (Phi) is 5.41. The topological polar surface area (TPSA) is 55.4 Å². The summed E-state index contributed by atoms with van der Waals surface area (Å²) < 4.78 is 31.5. The van der Waals surface area contributed by atoms with Crippen LogP contribution in [0.25, 0.3) is 0 Å². The Bertz CT molecular complexity index is 704. The van der Waals surface area contributed by atoms with Crippen LogP contribution in [0.3, 0.4) is 0 Å². The highest BCUT2D eigenvalue weighted by atomic mass is 19.2. The largest absolute Gasteiger partial charge is 0.467 e. The van der Waals surface area contributed by atoms with E-state index in [1.54, 1.807) is 24.3 Å². The van der Waals surface area contributed by atoms with Crippen LogP contribution in [-0.4, -0.2) is 25.0 Å². The summed E-state index contributed by atoms with van der Waals surface area (Å²) in [5.41, 5.74) is 0.329. The molecule has 0 radical (unpaired) electrons. The Labute approximate surface area is 132 Å². The minimum absolute atomic E-state index is 0.177. The summed E-state index contributed by atoms with van der Waals surface area (Å²) in [6.45, 7) is 0. The van der Waals surface area contributed by atoms with Gasteiger partial charge in [0.25, 0.3) is 5.91 Å². The van der Waals surface area contributed by atoms with Gasteiger partial charge >= 0.3 is 5.97 Å². The molecule has 0 unspecified atom stereocenters. The van der Waals surface area contributed by atoms with E-state index in [0.717, 1.165) is 17.7 Å². The van der Waals surface area contributed by atoms with Crippen LogP contribution in [0.5, 0.6) is 0 Å².